The molecule has 2 amide bonds. The van der Waals surface area contributed by atoms with Gasteiger partial charge in [-0.2, -0.15) is 13.2 Å². The number of rotatable bonds is 7. The van der Waals surface area contributed by atoms with Gasteiger partial charge >= 0.3 is 6.18 Å². The third kappa shape index (κ3) is 7.61. The Morgan fingerprint density at radius 3 is 2.13 bits per heavy atom. The molecule has 1 unspecified atom stereocenters. The minimum atomic E-state index is -4.49. The molecule has 128 valence electrons. The lowest BCUT2D eigenvalue weighted by Crippen LogP contribution is -2.31. The van der Waals surface area contributed by atoms with Crippen LogP contribution in [0.2, 0.25) is 0 Å². The molecule has 23 heavy (non-hydrogen) atoms. The molecule has 9 heteroatoms. The number of ether oxygens (including phenoxy) is 2. The number of alkyl halides is 3. The first-order valence-corrected chi connectivity index (χ1v) is 6.59. The lowest BCUT2D eigenvalue weighted by Gasteiger charge is -2.15. The molecule has 1 rings (SSSR count). The van der Waals surface area contributed by atoms with Gasteiger partial charge in [0.1, 0.15) is 19.3 Å². The molecule has 0 saturated carbocycles. The summed E-state index contributed by atoms with van der Waals surface area (Å²) in [4.78, 5) is 23.0. The highest BCUT2D eigenvalue weighted by Gasteiger charge is 2.29. The molecule has 0 aliphatic carbocycles. The molecule has 1 atom stereocenters. The van der Waals surface area contributed by atoms with E-state index in [1.807, 2.05) is 0 Å². The minimum Gasteiger partial charge on any atom is -0.375 e. The van der Waals surface area contributed by atoms with Crippen LogP contribution in [0.4, 0.5) is 24.5 Å². The third-order valence-corrected chi connectivity index (χ3v) is 2.58. The van der Waals surface area contributed by atoms with Crippen molar-refractivity contribution >= 4 is 23.2 Å². The van der Waals surface area contributed by atoms with Gasteiger partial charge in [-0.05, 0) is 31.2 Å². The number of methoxy groups -OCH3 is 1. The van der Waals surface area contributed by atoms with E-state index in [2.05, 4.69) is 20.1 Å². The maximum absolute atomic E-state index is 12.0. The number of carbonyl (C=O) groups excluding carboxylic acids is 2. The van der Waals surface area contributed by atoms with Gasteiger partial charge in [-0.25, -0.2) is 0 Å². The lowest BCUT2D eigenvalue weighted by molar-refractivity contribution is -0.184. The number of carbonyl (C=O) groups is 2. The van der Waals surface area contributed by atoms with Crippen molar-refractivity contribution in [1.29, 1.82) is 0 Å². The van der Waals surface area contributed by atoms with E-state index in [1.54, 1.807) is 0 Å². The third-order valence-electron chi connectivity index (χ3n) is 2.58. The summed E-state index contributed by atoms with van der Waals surface area (Å²) < 4.78 is 45.1. The van der Waals surface area contributed by atoms with Crippen LogP contribution >= 0.6 is 0 Å². The fourth-order valence-electron chi connectivity index (χ4n) is 1.50. The van der Waals surface area contributed by atoms with E-state index in [1.165, 1.54) is 38.3 Å². The molecule has 1 aromatic carbocycles. The molecule has 6 nitrogen and oxygen atoms in total. The summed E-state index contributed by atoms with van der Waals surface area (Å²) in [6.07, 6.45) is -5.74. The Kier molecular flexibility index (Phi) is 6.98. The number of hydrogen-bond acceptors (Lipinski definition) is 4. The summed E-state index contributed by atoms with van der Waals surface area (Å²) >= 11 is 0. The lowest BCUT2D eigenvalue weighted by atomic mass is 10.2. The molecule has 0 spiro atoms. The molecule has 0 aliphatic heterocycles. The van der Waals surface area contributed by atoms with Crippen molar-refractivity contribution < 1.29 is 32.2 Å². The molecule has 0 aromatic heterocycles. The first-order valence-electron chi connectivity index (χ1n) is 6.59. The normalized spacial score (nSPS) is 12.6. The van der Waals surface area contributed by atoms with Crippen LogP contribution in [0, 0.1) is 0 Å². The zero-order valence-corrected chi connectivity index (χ0v) is 12.6. The van der Waals surface area contributed by atoms with Crippen LogP contribution in [0.15, 0.2) is 24.3 Å². The Balaban J connectivity index is 2.50. The van der Waals surface area contributed by atoms with E-state index in [0.717, 1.165) is 0 Å². The first kappa shape index (κ1) is 18.9. The molecule has 0 fully saturated rings. The summed E-state index contributed by atoms with van der Waals surface area (Å²) in [7, 11) is 1.39. The van der Waals surface area contributed by atoms with Gasteiger partial charge in [0.2, 0.25) is 5.91 Å². The number of anilines is 2. The van der Waals surface area contributed by atoms with Crippen LogP contribution in [0.25, 0.3) is 0 Å². The summed E-state index contributed by atoms with van der Waals surface area (Å²) in [5.74, 6) is -1.04. The van der Waals surface area contributed by atoms with Crippen LogP contribution in [0.3, 0.4) is 0 Å². The van der Waals surface area contributed by atoms with Gasteiger partial charge in [-0.1, -0.05) is 0 Å². The highest BCUT2D eigenvalue weighted by atomic mass is 19.4. The van der Waals surface area contributed by atoms with Crippen molar-refractivity contribution in [2.45, 2.75) is 19.2 Å². The van der Waals surface area contributed by atoms with E-state index < -0.39 is 24.8 Å². The molecular weight excluding hydrogens is 317 g/mol. The summed E-state index contributed by atoms with van der Waals surface area (Å²) in [5, 5.41) is 4.97. The number of benzene rings is 1. The average molecular weight is 334 g/mol. The predicted octanol–water partition coefficient (Wildman–Crippen LogP) is 2.18. The molecule has 2 N–H and O–H groups in total. The fraction of sp³-hybridized carbons (Fsp3) is 0.429. The topological polar surface area (TPSA) is 76.7 Å². The van der Waals surface area contributed by atoms with Crippen LogP contribution in [0.1, 0.15) is 6.92 Å². The molecule has 0 radical (unpaired) electrons. The van der Waals surface area contributed by atoms with E-state index >= 15 is 0 Å². The zero-order chi connectivity index (χ0) is 17.5. The smallest absolute Gasteiger partial charge is 0.375 e. The number of halogens is 3. The highest BCUT2D eigenvalue weighted by Crippen LogP contribution is 2.17. The molecule has 0 aliphatic rings. The zero-order valence-electron chi connectivity index (χ0n) is 12.6. The SMILES string of the molecule is COCC(=O)Nc1ccc(NC(=O)C(C)OCC(F)(F)F)cc1. The number of hydrogen-bond donors (Lipinski definition) is 2. The number of nitrogens with one attached hydrogen (secondary N) is 2. The molecule has 0 saturated heterocycles. The van der Waals surface area contributed by atoms with Gasteiger partial charge in [0.25, 0.3) is 5.91 Å². The Labute approximate surface area is 130 Å². The Morgan fingerprint density at radius 2 is 1.65 bits per heavy atom. The van der Waals surface area contributed by atoms with Gasteiger partial charge < -0.3 is 20.1 Å². The van der Waals surface area contributed by atoms with Crippen LogP contribution in [-0.2, 0) is 19.1 Å². The Morgan fingerprint density at radius 1 is 1.13 bits per heavy atom. The van der Waals surface area contributed by atoms with Crippen molar-refractivity contribution in [2.75, 3.05) is 31.0 Å². The quantitative estimate of drug-likeness (QED) is 0.801. The predicted molar refractivity (Wildman–Crippen MR) is 77.0 cm³/mol. The van der Waals surface area contributed by atoms with Gasteiger partial charge in [0.05, 0.1) is 0 Å². The van der Waals surface area contributed by atoms with Gasteiger partial charge in [-0.15, -0.1) is 0 Å². The van der Waals surface area contributed by atoms with Gasteiger partial charge in [0, 0.05) is 18.5 Å². The van der Waals surface area contributed by atoms with E-state index in [0.29, 0.717) is 11.4 Å². The van der Waals surface area contributed by atoms with Crippen molar-refractivity contribution in [3.63, 3.8) is 0 Å². The van der Waals surface area contributed by atoms with Gasteiger partial charge in [0.15, 0.2) is 0 Å². The summed E-state index contributed by atoms with van der Waals surface area (Å²) in [5.41, 5.74) is 0.855. The van der Waals surface area contributed by atoms with E-state index in [9.17, 15) is 22.8 Å². The standard InChI is InChI=1S/C14H17F3N2O4/c1-9(23-8-14(15,16)17)13(21)19-11-5-3-10(4-6-11)18-12(20)7-22-2/h3-6,9H,7-8H2,1-2H3,(H,18,20)(H,19,21). The highest BCUT2D eigenvalue weighted by molar-refractivity contribution is 5.95. The molecule has 0 heterocycles. The van der Waals surface area contributed by atoms with Gasteiger partial charge in [-0.3, -0.25) is 9.59 Å². The van der Waals surface area contributed by atoms with Crippen molar-refractivity contribution in [3.05, 3.63) is 24.3 Å². The van der Waals surface area contributed by atoms with E-state index in [4.69, 9.17) is 0 Å². The molecule has 0 bridgehead atoms. The largest absolute Gasteiger partial charge is 0.411 e. The molecule has 1 aromatic rings. The second kappa shape index (κ2) is 8.49. The molecular formula is C14H17F3N2O4. The summed E-state index contributed by atoms with van der Waals surface area (Å²) in [6.45, 7) is -0.362. The monoisotopic (exact) mass is 334 g/mol. The maximum atomic E-state index is 12.0. The van der Waals surface area contributed by atoms with Crippen LogP contribution < -0.4 is 10.6 Å². The van der Waals surface area contributed by atoms with Crippen molar-refractivity contribution in [2.24, 2.45) is 0 Å². The summed E-state index contributed by atoms with van der Waals surface area (Å²) in [6, 6.07) is 6.06. The minimum absolute atomic E-state index is 0.0907. The maximum Gasteiger partial charge on any atom is 0.411 e. The Hall–Kier alpha value is -2.13. The van der Waals surface area contributed by atoms with Crippen LogP contribution in [0.5, 0.6) is 0 Å². The first-order chi connectivity index (χ1) is 10.7. The second-order valence-corrected chi connectivity index (χ2v) is 4.62. The number of amides is 2. The second-order valence-electron chi connectivity index (χ2n) is 4.62. The van der Waals surface area contributed by atoms with E-state index in [-0.39, 0.29) is 12.5 Å². The van der Waals surface area contributed by atoms with Crippen LogP contribution in [-0.4, -0.2) is 44.4 Å². The van der Waals surface area contributed by atoms with Crippen molar-refractivity contribution in [1.82, 2.24) is 0 Å². The fourth-order valence-corrected chi connectivity index (χ4v) is 1.50. The Bertz CT molecular complexity index is 532. The average Bonchev–Trinajstić information content (AvgIpc) is 2.46. The van der Waals surface area contributed by atoms with Crippen molar-refractivity contribution in [3.8, 4) is 0 Å².